The fourth-order valence-electron chi connectivity index (χ4n) is 2.30. The third-order valence-corrected chi connectivity index (χ3v) is 5.72. The smallest absolute Gasteiger partial charge is 0.0612 e. The molecule has 0 aliphatic heterocycles. The van der Waals surface area contributed by atoms with E-state index in [1.54, 1.807) is 0 Å². The summed E-state index contributed by atoms with van der Waals surface area (Å²) in [6.07, 6.45) is 1.95. The van der Waals surface area contributed by atoms with E-state index >= 15 is 0 Å². The van der Waals surface area contributed by atoms with Crippen molar-refractivity contribution in [3.8, 4) is 0 Å². The van der Waals surface area contributed by atoms with Crippen LogP contribution in [0.4, 0.5) is 0 Å². The molecule has 0 spiro atoms. The minimum Gasteiger partial charge on any atom is -0.330 e. The van der Waals surface area contributed by atoms with Crippen LogP contribution in [-0.2, 0) is 0 Å². The van der Waals surface area contributed by atoms with E-state index in [1.165, 1.54) is 0 Å². The average Bonchev–Trinajstić information content (AvgIpc) is 1.82. The molecule has 0 aliphatic rings. The fourth-order valence-corrected chi connectivity index (χ4v) is 5.71. The Labute approximate surface area is 84.9 Å². The van der Waals surface area contributed by atoms with Crippen LogP contribution in [0.5, 0.6) is 0 Å². The first-order valence-electron chi connectivity index (χ1n) is 5.08. The molecule has 0 rings (SSSR count). The lowest BCUT2D eigenvalue weighted by Crippen LogP contribution is -2.55. The third kappa shape index (κ3) is 3.57. The lowest BCUT2D eigenvalue weighted by atomic mass is 10.3. The molecule has 0 saturated heterocycles. The number of allylic oxidation sites excluding steroid dienone is 1. The normalized spacial score (nSPS) is 12.7. The number of hydrogen-bond donors (Lipinski definition) is 0. The molecule has 0 aromatic carbocycles. The Hall–Kier alpha value is -0.213. The SMILES string of the molecule is C=C[CH-][Si](C)(C)N(C(C)C)C(C)C. The first-order valence-corrected chi connectivity index (χ1v) is 8.10. The van der Waals surface area contributed by atoms with Gasteiger partial charge in [-0.25, -0.2) is 18.7 Å². The maximum absolute atomic E-state index is 3.80. The Morgan fingerprint density at radius 1 is 1.15 bits per heavy atom. The lowest BCUT2D eigenvalue weighted by molar-refractivity contribution is 0.297. The average molecular weight is 198 g/mol. The van der Waals surface area contributed by atoms with Crippen LogP contribution < -0.4 is 0 Å². The zero-order valence-corrected chi connectivity index (χ0v) is 11.0. The summed E-state index contributed by atoms with van der Waals surface area (Å²) >= 11 is 0. The van der Waals surface area contributed by atoms with Gasteiger partial charge < -0.3 is 4.57 Å². The summed E-state index contributed by atoms with van der Waals surface area (Å²) in [6.45, 7) is 17.6. The Bertz CT molecular complexity index is 153. The van der Waals surface area contributed by atoms with E-state index in [9.17, 15) is 0 Å². The van der Waals surface area contributed by atoms with Gasteiger partial charge in [0, 0.05) is 0 Å². The highest BCUT2D eigenvalue weighted by atomic mass is 28.3. The van der Waals surface area contributed by atoms with E-state index < -0.39 is 8.24 Å². The van der Waals surface area contributed by atoms with Gasteiger partial charge in [-0.3, -0.25) is 0 Å². The summed E-state index contributed by atoms with van der Waals surface area (Å²) in [4.78, 5) is 0. The standard InChI is InChI=1S/C11H24NSi/c1-8-9-13(6,7)12(10(2)3)11(4)5/h8-11H,1H2,2-7H3/q-1. The van der Waals surface area contributed by atoms with E-state index in [-0.39, 0.29) is 0 Å². The minimum atomic E-state index is -1.37. The van der Waals surface area contributed by atoms with Crippen molar-refractivity contribution in [3.05, 3.63) is 18.7 Å². The summed E-state index contributed by atoms with van der Waals surface area (Å²) in [5, 5.41) is 0. The quantitative estimate of drug-likeness (QED) is 0.484. The van der Waals surface area contributed by atoms with Crippen LogP contribution >= 0.6 is 0 Å². The van der Waals surface area contributed by atoms with E-state index in [0.29, 0.717) is 12.1 Å². The second-order valence-corrected chi connectivity index (χ2v) is 8.81. The molecule has 0 radical (unpaired) electrons. The molecule has 0 fully saturated rings. The highest BCUT2D eigenvalue weighted by molar-refractivity contribution is 6.78. The van der Waals surface area contributed by atoms with Crippen LogP contribution in [0, 0.1) is 6.04 Å². The van der Waals surface area contributed by atoms with Gasteiger partial charge in [0.05, 0.1) is 8.24 Å². The molecule has 1 nitrogen and oxygen atoms in total. The Morgan fingerprint density at radius 2 is 1.54 bits per heavy atom. The van der Waals surface area contributed by atoms with Gasteiger partial charge in [-0.05, 0) is 12.1 Å². The van der Waals surface area contributed by atoms with Crippen molar-refractivity contribution in [1.29, 1.82) is 0 Å². The van der Waals surface area contributed by atoms with Gasteiger partial charge in [0.2, 0.25) is 0 Å². The number of hydrogen-bond acceptors (Lipinski definition) is 1. The second kappa shape index (κ2) is 4.87. The Balaban J connectivity index is 4.61. The number of nitrogens with zero attached hydrogens (tertiary/aromatic N) is 1. The van der Waals surface area contributed by atoms with Gasteiger partial charge in [0.15, 0.2) is 0 Å². The van der Waals surface area contributed by atoms with Crippen molar-refractivity contribution < 1.29 is 0 Å². The molecule has 78 valence electrons. The second-order valence-electron chi connectivity index (χ2n) is 4.65. The summed E-state index contributed by atoms with van der Waals surface area (Å²) in [5.74, 6) is 0. The monoisotopic (exact) mass is 198 g/mol. The largest absolute Gasteiger partial charge is 0.330 e. The molecule has 2 heteroatoms. The maximum atomic E-state index is 3.80. The van der Waals surface area contributed by atoms with Crippen molar-refractivity contribution in [2.24, 2.45) is 0 Å². The molecule has 0 aromatic rings. The third-order valence-electron chi connectivity index (χ3n) is 2.30. The first kappa shape index (κ1) is 12.8. The van der Waals surface area contributed by atoms with Crippen molar-refractivity contribution >= 4 is 8.24 Å². The summed E-state index contributed by atoms with van der Waals surface area (Å²) < 4.78 is 2.62. The van der Waals surface area contributed by atoms with E-state index in [1.807, 2.05) is 6.08 Å². The molecule has 0 aromatic heterocycles. The topological polar surface area (TPSA) is 3.24 Å². The summed E-state index contributed by atoms with van der Waals surface area (Å²) in [5.41, 5.74) is 0. The zero-order chi connectivity index (χ0) is 10.6. The minimum absolute atomic E-state index is 0.623. The molecule has 0 N–H and O–H groups in total. The van der Waals surface area contributed by atoms with Crippen molar-refractivity contribution in [2.45, 2.75) is 52.9 Å². The van der Waals surface area contributed by atoms with Gasteiger partial charge >= 0.3 is 0 Å². The molecule has 0 bridgehead atoms. The van der Waals surface area contributed by atoms with Crippen LogP contribution in [-0.4, -0.2) is 24.9 Å². The molecule has 13 heavy (non-hydrogen) atoms. The predicted molar refractivity (Wildman–Crippen MR) is 64.1 cm³/mol. The molecule has 0 saturated carbocycles. The predicted octanol–water partition coefficient (Wildman–Crippen LogP) is 3.24. The molecule has 0 aliphatic carbocycles. The van der Waals surface area contributed by atoms with Crippen LogP contribution in [0.2, 0.25) is 13.1 Å². The molecule has 0 amide bonds. The van der Waals surface area contributed by atoms with Gasteiger partial charge in [-0.1, -0.05) is 40.8 Å². The van der Waals surface area contributed by atoms with Crippen molar-refractivity contribution in [1.82, 2.24) is 4.57 Å². The van der Waals surface area contributed by atoms with Gasteiger partial charge in [0.25, 0.3) is 0 Å². The first-order chi connectivity index (χ1) is 5.83. The lowest BCUT2D eigenvalue weighted by Gasteiger charge is -2.46. The van der Waals surface area contributed by atoms with Crippen LogP contribution in [0.1, 0.15) is 27.7 Å². The van der Waals surface area contributed by atoms with E-state index in [4.69, 9.17) is 0 Å². The molecular formula is C11H24NSi-. The van der Waals surface area contributed by atoms with E-state index in [0.717, 1.165) is 0 Å². The van der Waals surface area contributed by atoms with Crippen LogP contribution in [0.3, 0.4) is 0 Å². The Kier molecular flexibility index (Phi) is 4.79. The molecule has 0 atom stereocenters. The molecular weight excluding hydrogens is 174 g/mol. The van der Waals surface area contributed by atoms with Crippen LogP contribution in [0.25, 0.3) is 0 Å². The van der Waals surface area contributed by atoms with E-state index in [2.05, 4.69) is 58.0 Å². The zero-order valence-electron chi connectivity index (χ0n) is 9.96. The van der Waals surface area contributed by atoms with Gasteiger partial charge in [-0.15, -0.1) is 0 Å². The summed E-state index contributed by atoms with van der Waals surface area (Å²) in [6, 6.07) is 3.54. The number of rotatable bonds is 5. The van der Waals surface area contributed by atoms with Crippen molar-refractivity contribution in [2.75, 3.05) is 0 Å². The van der Waals surface area contributed by atoms with Crippen molar-refractivity contribution in [3.63, 3.8) is 0 Å². The molecule has 0 unspecified atom stereocenters. The Morgan fingerprint density at radius 3 is 1.77 bits per heavy atom. The highest BCUT2D eigenvalue weighted by Crippen LogP contribution is 2.20. The fraction of sp³-hybridized carbons (Fsp3) is 0.727. The molecule has 0 heterocycles. The van der Waals surface area contributed by atoms with Gasteiger partial charge in [0.1, 0.15) is 0 Å². The summed E-state index contributed by atoms with van der Waals surface area (Å²) in [7, 11) is -1.37. The van der Waals surface area contributed by atoms with Crippen LogP contribution in [0.15, 0.2) is 12.7 Å². The van der Waals surface area contributed by atoms with Gasteiger partial charge in [-0.2, -0.15) is 0 Å². The highest BCUT2D eigenvalue weighted by Gasteiger charge is 2.27. The maximum Gasteiger partial charge on any atom is 0.0612 e.